The third-order valence-electron chi connectivity index (χ3n) is 3.80. The van der Waals surface area contributed by atoms with E-state index in [1.54, 1.807) is 0 Å². The van der Waals surface area contributed by atoms with E-state index in [2.05, 4.69) is 38.1 Å². The number of nitrogens with two attached hydrogens (primary N) is 1. The van der Waals surface area contributed by atoms with Crippen LogP contribution in [-0.4, -0.2) is 22.4 Å². The molecule has 1 aromatic carbocycles. The van der Waals surface area contributed by atoms with E-state index < -0.39 is 0 Å². The van der Waals surface area contributed by atoms with Crippen LogP contribution in [0, 0.1) is 11.3 Å². The average Bonchev–Trinajstić information content (AvgIpc) is 3.33. The monoisotopic (exact) mass is 386 g/mol. The Bertz CT molecular complexity index is 788. The van der Waals surface area contributed by atoms with Crippen molar-refractivity contribution in [1.29, 1.82) is 5.26 Å². The van der Waals surface area contributed by atoms with Gasteiger partial charge in [0.2, 0.25) is 0 Å². The van der Waals surface area contributed by atoms with Crippen LogP contribution in [0.4, 0.5) is 0 Å². The van der Waals surface area contributed by atoms with Crippen molar-refractivity contribution in [3.63, 3.8) is 0 Å². The minimum atomic E-state index is -0.259. The summed E-state index contributed by atoms with van der Waals surface area (Å²) < 4.78 is 1.11. The molecule has 4 nitrogen and oxygen atoms in total. The van der Waals surface area contributed by atoms with E-state index in [-0.39, 0.29) is 12.0 Å². The second-order valence-electron chi connectivity index (χ2n) is 5.11. The van der Waals surface area contributed by atoms with Crippen LogP contribution in [0.5, 0.6) is 0 Å². The van der Waals surface area contributed by atoms with Gasteiger partial charge in [-0.05, 0) is 24.0 Å². The molecule has 0 saturated heterocycles. The van der Waals surface area contributed by atoms with Crippen LogP contribution in [0.3, 0.4) is 0 Å². The van der Waals surface area contributed by atoms with Gasteiger partial charge in [-0.15, -0.1) is 0 Å². The molecule has 0 aliphatic heterocycles. The lowest BCUT2D eigenvalue weighted by Crippen LogP contribution is -2.32. The standard InChI is InChI=1S/C17H15BrN4S/c1-23-17(21-20)22(16-9-14(16)18)15-8-4-5-11(10-19)12-6-2-3-7-13(12)15/h2-9,11,16H,20H2,1H3/b21-17+/t11?,16-/m0/s1. The van der Waals surface area contributed by atoms with Gasteiger partial charge in [-0.2, -0.15) is 10.4 Å². The molecule has 0 amide bonds. The number of allylic oxidation sites excluding steroid dienone is 3. The molecule has 23 heavy (non-hydrogen) atoms. The Kier molecular flexibility index (Phi) is 4.60. The molecule has 0 aromatic heterocycles. The first-order valence-corrected chi connectivity index (χ1v) is 9.08. The molecule has 0 fully saturated rings. The van der Waals surface area contributed by atoms with Crippen LogP contribution in [0.25, 0.3) is 5.70 Å². The molecule has 0 spiro atoms. The molecule has 3 rings (SSSR count). The Morgan fingerprint density at radius 1 is 1.43 bits per heavy atom. The number of hydrazone groups is 1. The first-order valence-electron chi connectivity index (χ1n) is 7.07. The average molecular weight is 387 g/mol. The highest BCUT2D eigenvalue weighted by Crippen LogP contribution is 2.41. The van der Waals surface area contributed by atoms with E-state index in [1.807, 2.05) is 48.7 Å². The minimum Gasteiger partial charge on any atom is -0.321 e. The van der Waals surface area contributed by atoms with Crippen LogP contribution < -0.4 is 5.84 Å². The van der Waals surface area contributed by atoms with Gasteiger partial charge in [0.05, 0.1) is 23.7 Å². The third kappa shape index (κ3) is 2.94. The summed E-state index contributed by atoms with van der Waals surface area (Å²) in [7, 11) is 0. The molecule has 0 heterocycles. The molecule has 1 unspecified atom stereocenters. The largest absolute Gasteiger partial charge is 0.321 e. The summed E-state index contributed by atoms with van der Waals surface area (Å²) in [5.41, 5.74) is 3.01. The maximum atomic E-state index is 9.45. The zero-order valence-electron chi connectivity index (χ0n) is 12.5. The van der Waals surface area contributed by atoms with Crippen LogP contribution >= 0.6 is 27.7 Å². The summed E-state index contributed by atoms with van der Waals surface area (Å²) >= 11 is 5.04. The molecular weight excluding hydrogens is 372 g/mol. The second-order valence-corrected chi connectivity index (χ2v) is 6.80. The molecule has 116 valence electrons. The van der Waals surface area contributed by atoms with Gasteiger partial charge in [0, 0.05) is 10.0 Å². The van der Waals surface area contributed by atoms with E-state index in [1.165, 1.54) is 11.8 Å². The molecule has 2 N–H and O–H groups in total. The highest BCUT2D eigenvalue weighted by Gasteiger charge is 2.35. The SMILES string of the molecule is CS/C(=N/N)N(C1=CC=CC(C#N)c2ccccc21)[C@H]1C=C1Br. The number of fused-ring (bicyclic) bond motifs is 1. The van der Waals surface area contributed by atoms with Crippen LogP contribution in [0.15, 0.2) is 58.2 Å². The molecule has 0 saturated carbocycles. The highest BCUT2D eigenvalue weighted by atomic mass is 79.9. The number of benzene rings is 1. The van der Waals surface area contributed by atoms with Gasteiger partial charge >= 0.3 is 0 Å². The van der Waals surface area contributed by atoms with E-state index in [0.29, 0.717) is 0 Å². The summed E-state index contributed by atoms with van der Waals surface area (Å²) in [4.78, 5) is 2.09. The number of rotatable bonds is 2. The highest BCUT2D eigenvalue weighted by molar-refractivity contribution is 9.12. The lowest BCUT2D eigenvalue weighted by atomic mass is 9.94. The van der Waals surface area contributed by atoms with Crippen molar-refractivity contribution in [2.24, 2.45) is 10.9 Å². The first kappa shape index (κ1) is 15.9. The van der Waals surface area contributed by atoms with Crippen molar-refractivity contribution in [2.75, 3.05) is 6.26 Å². The first-order chi connectivity index (χ1) is 11.2. The number of amidine groups is 1. The maximum absolute atomic E-state index is 9.45. The van der Waals surface area contributed by atoms with Gasteiger partial charge in [0.15, 0.2) is 5.17 Å². The summed E-state index contributed by atoms with van der Waals surface area (Å²) in [6, 6.07) is 10.5. The smallest absolute Gasteiger partial charge is 0.187 e. The Labute approximate surface area is 148 Å². The molecule has 6 heteroatoms. The molecule has 2 aliphatic carbocycles. The number of nitriles is 1. The van der Waals surface area contributed by atoms with Gasteiger partial charge < -0.3 is 10.7 Å². The second kappa shape index (κ2) is 6.65. The van der Waals surface area contributed by atoms with E-state index in [4.69, 9.17) is 5.84 Å². The molecule has 0 bridgehead atoms. The van der Waals surface area contributed by atoms with Gasteiger partial charge in [0.1, 0.15) is 0 Å². The van der Waals surface area contributed by atoms with Crippen molar-refractivity contribution in [1.82, 2.24) is 4.90 Å². The fraction of sp³-hybridized carbons (Fsp3) is 0.176. The van der Waals surface area contributed by atoms with Crippen molar-refractivity contribution in [3.05, 3.63) is 64.2 Å². The molecule has 2 aliphatic rings. The Balaban J connectivity index is 2.12. The van der Waals surface area contributed by atoms with Crippen molar-refractivity contribution >= 4 is 38.6 Å². The zero-order chi connectivity index (χ0) is 16.4. The minimum absolute atomic E-state index is 0.121. The molecule has 2 atom stereocenters. The van der Waals surface area contributed by atoms with E-state index >= 15 is 0 Å². The van der Waals surface area contributed by atoms with Gasteiger partial charge in [-0.25, -0.2) is 0 Å². The fourth-order valence-electron chi connectivity index (χ4n) is 2.66. The lowest BCUT2D eigenvalue weighted by Gasteiger charge is -2.28. The topological polar surface area (TPSA) is 65.4 Å². The van der Waals surface area contributed by atoms with Gasteiger partial charge in [0.25, 0.3) is 0 Å². The van der Waals surface area contributed by atoms with Crippen LogP contribution in [0.1, 0.15) is 17.0 Å². The maximum Gasteiger partial charge on any atom is 0.187 e. The van der Waals surface area contributed by atoms with Crippen molar-refractivity contribution < 1.29 is 0 Å². The Morgan fingerprint density at radius 2 is 2.17 bits per heavy atom. The predicted octanol–water partition coefficient (Wildman–Crippen LogP) is 3.76. The number of hydrogen-bond donors (Lipinski definition) is 1. The quantitative estimate of drug-likeness (QED) is 0.363. The van der Waals surface area contributed by atoms with Gasteiger partial charge in [-0.3, -0.25) is 0 Å². The van der Waals surface area contributed by atoms with E-state index in [0.717, 1.165) is 26.5 Å². The third-order valence-corrected chi connectivity index (χ3v) is 5.20. The predicted molar refractivity (Wildman–Crippen MR) is 99.7 cm³/mol. The number of thioether (sulfide) groups is 1. The van der Waals surface area contributed by atoms with Crippen molar-refractivity contribution in [2.45, 2.75) is 12.0 Å². The van der Waals surface area contributed by atoms with E-state index in [9.17, 15) is 5.26 Å². The van der Waals surface area contributed by atoms with Crippen LogP contribution in [0.2, 0.25) is 0 Å². The summed E-state index contributed by atoms with van der Waals surface area (Å²) in [5.74, 6) is 5.34. The zero-order valence-corrected chi connectivity index (χ0v) is 14.9. The summed E-state index contributed by atoms with van der Waals surface area (Å²) in [5, 5.41) is 14.1. The normalized spacial score (nSPS) is 22.4. The summed E-state index contributed by atoms with van der Waals surface area (Å²) in [6.07, 6.45) is 9.91. The Hall–Kier alpha value is -1.97. The van der Waals surface area contributed by atoms with Gasteiger partial charge in [-0.1, -0.05) is 64.1 Å². The van der Waals surface area contributed by atoms with Crippen molar-refractivity contribution in [3.8, 4) is 6.07 Å². The molecule has 0 radical (unpaired) electrons. The molecule has 1 aromatic rings. The number of nitrogens with zero attached hydrogens (tertiary/aromatic N) is 3. The lowest BCUT2D eigenvalue weighted by molar-refractivity contribution is 0.611. The molecular formula is C17H15BrN4S. The Morgan fingerprint density at radius 3 is 2.78 bits per heavy atom. The summed E-state index contributed by atoms with van der Waals surface area (Å²) in [6.45, 7) is 0. The fourth-order valence-corrected chi connectivity index (χ4v) is 3.63. The van der Waals surface area contributed by atoms with Crippen LogP contribution in [-0.2, 0) is 0 Å². The number of hydrogen-bond acceptors (Lipinski definition) is 4. The number of halogens is 1.